The van der Waals surface area contributed by atoms with Crippen molar-refractivity contribution in [1.82, 2.24) is 19.6 Å². The molecule has 0 saturated carbocycles. The van der Waals surface area contributed by atoms with Crippen molar-refractivity contribution < 1.29 is 4.79 Å². The molecule has 0 N–H and O–H groups in total. The molecule has 24 heavy (non-hydrogen) atoms. The van der Waals surface area contributed by atoms with Gasteiger partial charge in [0.1, 0.15) is 0 Å². The molecule has 1 aromatic carbocycles. The first-order valence-corrected chi connectivity index (χ1v) is 8.59. The lowest BCUT2D eigenvalue weighted by atomic mass is 10.1. The van der Waals surface area contributed by atoms with E-state index >= 15 is 0 Å². The average molecular weight is 328 g/mol. The molecule has 2 heterocycles. The molecule has 3 rings (SSSR count). The number of likely N-dealkylation sites (N-methyl/N-ethyl adjacent to an activating group) is 1. The predicted molar refractivity (Wildman–Crippen MR) is 94.3 cm³/mol. The van der Waals surface area contributed by atoms with Gasteiger partial charge in [0.2, 0.25) is 0 Å². The monoisotopic (exact) mass is 328 g/mol. The second-order valence-corrected chi connectivity index (χ2v) is 6.37. The fourth-order valence-corrected chi connectivity index (χ4v) is 3.01. The number of rotatable bonds is 4. The zero-order valence-corrected chi connectivity index (χ0v) is 14.4. The summed E-state index contributed by atoms with van der Waals surface area (Å²) in [5.41, 5.74) is 0.278. The highest BCUT2D eigenvalue weighted by Crippen LogP contribution is 2.16. The van der Waals surface area contributed by atoms with Crippen LogP contribution in [0.3, 0.4) is 0 Å². The maximum atomic E-state index is 13.0. The Bertz CT molecular complexity index is 791. The minimum atomic E-state index is -0.117. The zero-order chi connectivity index (χ0) is 17.1. The van der Waals surface area contributed by atoms with Gasteiger partial charge in [-0.1, -0.05) is 31.5 Å². The number of nitrogens with zero attached hydrogens (tertiary/aromatic N) is 4. The van der Waals surface area contributed by atoms with Gasteiger partial charge in [-0.2, -0.15) is 5.10 Å². The van der Waals surface area contributed by atoms with Crippen molar-refractivity contribution in [3.63, 3.8) is 0 Å². The second kappa shape index (κ2) is 7.13. The molecule has 128 valence electrons. The van der Waals surface area contributed by atoms with E-state index in [0.29, 0.717) is 36.1 Å². The van der Waals surface area contributed by atoms with Crippen LogP contribution in [0.2, 0.25) is 0 Å². The van der Waals surface area contributed by atoms with E-state index in [1.807, 2.05) is 23.1 Å². The van der Waals surface area contributed by atoms with Gasteiger partial charge in [-0.3, -0.25) is 9.59 Å². The number of amides is 1. The Morgan fingerprint density at radius 2 is 1.79 bits per heavy atom. The van der Waals surface area contributed by atoms with Gasteiger partial charge in [-0.25, -0.2) is 4.68 Å². The van der Waals surface area contributed by atoms with Crippen molar-refractivity contribution in [2.45, 2.75) is 26.3 Å². The molecule has 1 fully saturated rings. The standard InChI is InChI=1S/C18H24N4O2/c1-3-4-9-22-17(23)15-8-6-5-7-14(15)16(19-22)18(24)21-12-10-20(2)11-13-21/h5-8H,3-4,9-13H2,1-2H3. The minimum Gasteiger partial charge on any atom is -0.335 e. The molecule has 1 aliphatic heterocycles. The van der Waals surface area contributed by atoms with Crippen molar-refractivity contribution in [1.29, 1.82) is 0 Å². The third-order valence-corrected chi connectivity index (χ3v) is 4.58. The summed E-state index contributed by atoms with van der Waals surface area (Å²) in [6, 6.07) is 7.28. The maximum absolute atomic E-state index is 13.0. The summed E-state index contributed by atoms with van der Waals surface area (Å²) >= 11 is 0. The highest BCUT2D eigenvalue weighted by atomic mass is 16.2. The Morgan fingerprint density at radius 3 is 2.46 bits per heavy atom. The molecular weight excluding hydrogens is 304 g/mol. The van der Waals surface area contributed by atoms with Crippen LogP contribution in [-0.2, 0) is 6.54 Å². The number of hydrogen-bond acceptors (Lipinski definition) is 4. The molecule has 2 aromatic rings. The fraction of sp³-hybridized carbons (Fsp3) is 0.500. The van der Waals surface area contributed by atoms with E-state index in [0.717, 1.165) is 25.9 Å². The quantitative estimate of drug-likeness (QED) is 0.855. The molecule has 0 aliphatic carbocycles. The Balaban J connectivity index is 2.04. The van der Waals surface area contributed by atoms with Crippen LogP contribution in [-0.4, -0.2) is 58.7 Å². The second-order valence-electron chi connectivity index (χ2n) is 6.37. The normalized spacial score (nSPS) is 15.8. The topological polar surface area (TPSA) is 58.4 Å². The molecule has 1 amide bonds. The van der Waals surface area contributed by atoms with E-state index in [4.69, 9.17) is 0 Å². The van der Waals surface area contributed by atoms with Crippen LogP contribution in [0, 0.1) is 0 Å². The third kappa shape index (κ3) is 3.19. The summed E-state index contributed by atoms with van der Waals surface area (Å²) in [6.45, 7) is 5.72. The lowest BCUT2D eigenvalue weighted by Gasteiger charge is -2.32. The Kier molecular flexibility index (Phi) is 4.94. The van der Waals surface area contributed by atoms with Crippen molar-refractivity contribution >= 4 is 16.7 Å². The van der Waals surface area contributed by atoms with Crippen LogP contribution in [0.1, 0.15) is 30.3 Å². The van der Waals surface area contributed by atoms with Gasteiger partial charge in [0.05, 0.1) is 5.39 Å². The summed E-state index contributed by atoms with van der Waals surface area (Å²) < 4.78 is 1.45. The number of carbonyl (C=O) groups excluding carboxylic acids is 1. The lowest BCUT2D eigenvalue weighted by Crippen LogP contribution is -2.47. The highest BCUT2D eigenvalue weighted by Gasteiger charge is 2.24. The smallest absolute Gasteiger partial charge is 0.275 e. The van der Waals surface area contributed by atoms with E-state index < -0.39 is 0 Å². The molecular formula is C18H24N4O2. The lowest BCUT2D eigenvalue weighted by molar-refractivity contribution is 0.0657. The van der Waals surface area contributed by atoms with Crippen LogP contribution in [0.4, 0.5) is 0 Å². The zero-order valence-electron chi connectivity index (χ0n) is 14.4. The summed E-state index contributed by atoms with van der Waals surface area (Å²) in [5.74, 6) is -0.0791. The van der Waals surface area contributed by atoms with E-state index in [9.17, 15) is 9.59 Å². The molecule has 0 atom stereocenters. The van der Waals surface area contributed by atoms with Gasteiger partial charge in [-0.05, 0) is 19.5 Å². The summed E-state index contributed by atoms with van der Waals surface area (Å²) in [6.07, 6.45) is 1.84. The maximum Gasteiger partial charge on any atom is 0.275 e. The summed E-state index contributed by atoms with van der Waals surface area (Å²) in [4.78, 5) is 29.6. The van der Waals surface area contributed by atoms with Gasteiger partial charge in [0, 0.05) is 38.1 Å². The van der Waals surface area contributed by atoms with Crippen molar-refractivity contribution in [2.24, 2.45) is 0 Å². The van der Waals surface area contributed by atoms with Gasteiger partial charge >= 0.3 is 0 Å². The van der Waals surface area contributed by atoms with Gasteiger partial charge in [0.25, 0.3) is 11.5 Å². The van der Waals surface area contributed by atoms with Crippen molar-refractivity contribution in [2.75, 3.05) is 33.2 Å². The fourth-order valence-electron chi connectivity index (χ4n) is 3.01. The molecule has 6 heteroatoms. The number of fused-ring (bicyclic) bond motifs is 1. The SMILES string of the molecule is CCCCn1nc(C(=O)N2CCN(C)CC2)c2ccccc2c1=O. The number of carbonyl (C=O) groups is 1. The minimum absolute atomic E-state index is 0.0791. The number of benzene rings is 1. The summed E-state index contributed by atoms with van der Waals surface area (Å²) in [5, 5.41) is 5.65. The van der Waals surface area contributed by atoms with Crippen molar-refractivity contribution in [3.8, 4) is 0 Å². The molecule has 1 saturated heterocycles. The molecule has 0 spiro atoms. The Hall–Kier alpha value is -2.21. The Morgan fingerprint density at radius 1 is 1.12 bits per heavy atom. The highest BCUT2D eigenvalue weighted by molar-refractivity contribution is 6.04. The van der Waals surface area contributed by atoms with E-state index in [1.54, 1.807) is 6.07 Å². The molecule has 0 radical (unpaired) electrons. The van der Waals surface area contributed by atoms with Gasteiger partial charge < -0.3 is 9.80 Å². The molecule has 0 unspecified atom stereocenters. The largest absolute Gasteiger partial charge is 0.335 e. The first-order chi connectivity index (χ1) is 11.6. The van der Waals surface area contributed by atoms with Crippen LogP contribution < -0.4 is 5.56 Å². The van der Waals surface area contributed by atoms with Gasteiger partial charge in [0.15, 0.2) is 5.69 Å². The van der Waals surface area contributed by atoms with Crippen molar-refractivity contribution in [3.05, 3.63) is 40.3 Å². The summed E-state index contributed by atoms with van der Waals surface area (Å²) in [7, 11) is 2.06. The molecule has 0 bridgehead atoms. The molecule has 1 aromatic heterocycles. The van der Waals surface area contributed by atoms with Crippen LogP contribution in [0.15, 0.2) is 29.1 Å². The average Bonchev–Trinajstić information content (AvgIpc) is 2.61. The first kappa shape index (κ1) is 16.6. The molecule has 1 aliphatic rings. The number of unbranched alkanes of at least 4 members (excludes halogenated alkanes) is 1. The predicted octanol–water partition coefficient (Wildman–Crippen LogP) is 1.58. The van der Waals surface area contributed by atoms with Gasteiger partial charge in [-0.15, -0.1) is 0 Å². The third-order valence-electron chi connectivity index (χ3n) is 4.58. The van der Waals surface area contributed by atoms with E-state index in [1.165, 1.54) is 4.68 Å². The number of hydrogen-bond donors (Lipinski definition) is 0. The number of aryl methyl sites for hydroxylation is 1. The number of piperazine rings is 1. The van der Waals surface area contributed by atoms with E-state index in [2.05, 4.69) is 24.0 Å². The Labute approximate surface area is 141 Å². The van der Waals surface area contributed by atoms with Crippen LogP contribution in [0.5, 0.6) is 0 Å². The first-order valence-electron chi connectivity index (χ1n) is 8.59. The van der Waals surface area contributed by atoms with Crippen LogP contribution in [0.25, 0.3) is 10.8 Å². The number of aromatic nitrogens is 2. The molecule has 6 nitrogen and oxygen atoms in total. The van der Waals surface area contributed by atoms with E-state index in [-0.39, 0.29) is 11.5 Å². The van der Waals surface area contributed by atoms with Crippen LogP contribution >= 0.6 is 0 Å².